The fraction of sp³-hybridized carbons (Fsp3) is 0.222. The Balaban J connectivity index is 2.03. The van der Waals surface area contributed by atoms with Crippen LogP contribution in [0.4, 0.5) is 15.8 Å². The quantitative estimate of drug-likeness (QED) is 0.825. The van der Waals surface area contributed by atoms with Gasteiger partial charge in [-0.15, -0.1) is 0 Å². The first-order valence-electron chi connectivity index (χ1n) is 7.47. The van der Waals surface area contributed by atoms with Gasteiger partial charge in [-0.3, -0.25) is 9.59 Å². The number of rotatable bonds is 5. The highest BCUT2D eigenvalue weighted by Gasteiger charge is 2.15. The molecule has 2 aromatic rings. The third-order valence-electron chi connectivity index (χ3n) is 3.54. The maximum Gasteiger partial charge on any atom is 0.226 e. The molecule has 2 rings (SSSR count). The molecule has 0 aliphatic carbocycles. The minimum absolute atomic E-state index is 0.0724. The van der Waals surface area contributed by atoms with Gasteiger partial charge in [0, 0.05) is 30.0 Å². The second-order valence-corrected chi connectivity index (χ2v) is 6.24. The van der Waals surface area contributed by atoms with Crippen LogP contribution in [0.15, 0.2) is 46.9 Å². The largest absolute Gasteiger partial charge is 0.324 e. The zero-order chi connectivity index (χ0) is 17.7. The van der Waals surface area contributed by atoms with Gasteiger partial charge in [-0.05, 0) is 42.8 Å². The van der Waals surface area contributed by atoms with Crippen LogP contribution in [-0.4, -0.2) is 18.4 Å². The van der Waals surface area contributed by atoms with Crippen molar-refractivity contribution >= 4 is 39.1 Å². The van der Waals surface area contributed by atoms with E-state index in [1.165, 1.54) is 24.0 Å². The first kappa shape index (κ1) is 18.1. The van der Waals surface area contributed by atoms with Gasteiger partial charge in [0.05, 0.1) is 5.69 Å². The topological polar surface area (TPSA) is 49.4 Å². The number of hydrogen-bond acceptors (Lipinski definition) is 2. The number of hydrogen-bond donors (Lipinski definition) is 1. The monoisotopic (exact) mass is 392 g/mol. The van der Waals surface area contributed by atoms with E-state index in [2.05, 4.69) is 21.2 Å². The van der Waals surface area contributed by atoms with Crippen molar-refractivity contribution in [3.8, 4) is 0 Å². The lowest BCUT2D eigenvalue weighted by atomic mass is 10.2. The molecule has 2 aromatic carbocycles. The number of nitrogens with one attached hydrogen (secondary N) is 1. The Bertz CT molecular complexity index is 764. The molecular formula is C18H18BrFN2O2. The van der Waals surface area contributed by atoms with Gasteiger partial charge >= 0.3 is 0 Å². The van der Waals surface area contributed by atoms with Crippen molar-refractivity contribution < 1.29 is 14.0 Å². The standard InChI is InChI=1S/C18H18BrFN2O2/c1-12-11-14(7-8-15(12)19)22(13(2)23)10-9-18(24)21-17-6-4-3-5-16(17)20/h3-8,11H,9-10H2,1-2H3,(H,21,24). The number of halogens is 2. The molecule has 6 heteroatoms. The van der Waals surface area contributed by atoms with E-state index < -0.39 is 5.82 Å². The van der Waals surface area contributed by atoms with E-state index in [0.29, 0.717) is 0 Å². The summed E-state index contributed by atoms with van der Waals surface area (Å²) in [6.07, 6.45) is 0.0724. The molecule has 0 aliphatic rings. The predicted octanol–water partition coefficient (Wildman–Crippen LogP) is 4.28. The number of anilines is 2. The lowest BCUT2D eigenvalue weighted by Crippen LogP contribution is -2.32. The molecule has 0 aliphatic heterocycles. The zero-order valence-corrected chi connectivity index (χ0v) is 15.1. The van der Waals surface area contributed by atoms with Crippen LogP contribution in [0.3, 0.4) is 0 Å². The number of para-hydroxylation sites is 1. The van der Waals surface area contributed by atoms with Crippen LogP contribution in [0.5, 0.6) is 0 Å². The Morgan fingerprint density at radius 3 is 2.54 bits per heavy atom. The maximum absolute atomic E-state index is 13.5. The SMILES string of the molecule is CC(=O)N(CCC(=O)Nc1ccccc1F)c1ccc(Br)c(C)c1. The molecule has 0 aromatic heterocycles. The van der Waals surface area contributed by atoms with Crippen molar-refractivity contribution in [1.82, 2.24) is 0 Å². The van der Waals surface area contributed by atoms with Gasteiger partial charge in [-0.1, -0.05) is 28.1 Å². The second-order valence-electron chi connectivity index (χ2n) is 5.38. The lowest BCUT2D eigenvalue weighted by molar-refractivity contribution is -0.117. The zero-order valence-electron chi connectivity index (χ0n) is 13.5. The van der Waals surface area contributed by atoms with Crippen LogP contribution in [0, 0.1) is 12.7 Å². The van der Waals surface area contributed by atoms with Gasteiger partial charge in [0.15, 0.2) is 0 Å². The van der Waals surface area contributed by atoms with E-state index in [9.17, 15) is 14.0 Å². The Kier molecular flexibility index (Phi) is 6.09. The van der Waals surface area contributed by atoms with Crippen LogP contribution < -0.4 is 10.2 Å². The summed E-state index contributed by atoms with van der Waals surface area (Å²) >= 11 is 3.42. The molecule has 0 bridgehead atoms. The van der Waals surface area contributed by atoms with Crippen molar-refractivity contribution in [2.75, 3.05) is 16.8 Å². The highest BCUT2D eigenvalue weighted by Crippen LogP contribution is 2.23. The Labute approximate surface area is 148 Å². The average Bonchev–Trinajstić information content (AvgIpc) is 2.53. The summed E-state index contributed by atoms with van der Waals surface area (Å²) in [5.41, 5.74) is 1.85. The first-order valence-corrected chi connectivity index (χ1v) is 8.26. The summed E-state index contributed by atoms with van der Waals surface area (Å²) in [5.74, 6) is -0.992. The van der Waals surface area contributed by atoms with Crippen molar-refractivity contribution in [1.29, 1.82) is 0 Å². The molecule has 2 amide bonds. The van der Waals surface area contributed by atoms with Crippen LogP contribution in [0.1, 0.15) is 18.9 Å². The van der Waals surface area contributed by atoms with Crippen LogP contribution in [0.2, 0.25) is 0 Å². The van der Waals surface area contributed by atoms with Crippen LogP contribution in [-0.2, 0) is 9.59 Å². The van der Waals surface area contributed by atoms with Gasteiger partial charge in [0.2, 0.25) is 11.8 Å². The Morgan fingerprint density at radius 2 is 1.92 bits per heavy atom. The van der Waals surface area contributed by atoms with E-state index in [4.69, 9.17) is 0 Å². The maximum atomic E-state index is 13.5. The van der Waals surface area contributed by atoms with Gasteiger partial charge in [-0.2, -0.15) is 0 Å². The molecule has 0 heterocycles. The highest BCUT2D eigenvalue weighted by atomic mass is 79.9. The number of carbonyl (C=O) groups excluding carboxylic acids is 2. The molecule has 1 N–H and O–H groups in total. The summed E-state index contributed by atoms with van der Waals surface area (Å²) in [6, 6.07) is 11.5. The summed E-state index contributed by atoms with van der Waals surface area (Å²) in [4.78, 5) is 25.4. The molecule has 0 radical (unpaired) electrons. The van der Waals surface area contributed by atoms with Crippen molar-refractivity contribution in [2.45, 2.75) is 20.3 Å². The summed E-state index contributed by atoms with van der Waals surface area (Å²) < 4.78 is 14.5. The third-order valence-corrected chi connectivity index (χ3v) is 4.43. The molecule has 4 nitrogen and oxygen atoms in total. The minimum atomic E-state index is -0.488. The fourth-order valence-electron chi connectivity index (χ4n) is 2.25. The first-order chi connectivity index (χ1) is 11.4. The van der Waals surface area contributed by atoms with E-state index in [0.717, 1.165) is 15.7 Å². The summed E-state index contributed by atoms with van der Waals surface area (Å²) in [5, 5.41) is 2.52. The van der Waals surface area contributed by atoms with Crippen molar-refractivity contribution in [2.24, 2.45) is 0 Å². The van der Waals surface area contributed by atoms with Gasteiger partial charge in [0.1, 0.15) is 5.82 Å². The Hall–Kier alpha value is -2.21. The predicted molar refractivity (Wildman–Crippen MR) is 96.6 cm³/mol. The minimum Gasteiger partial charge on any atom is -0.324 e. The number of carbonyl (C=O) groups is 2. The van der Waals surface area contributed by atoms with E-state index in [1.54, 1.807) is 12.1 Å². The normalized spacial score (nSPS) is 10.3. The molecule has 0 unspecified atom stereocenters. The second kappa shape index (κ2) is 8.06. The summed E-state index contributed by atoms with van der Waals surface area (Å²) in [7, 11) is 0. The third kappa shape index (κ3) is 4.64. The van der Waals surface area contributed by atoms with Crippen LogP contribution >= 0.6 is 15.9 Å². The van der Waals surface area contributed by atoms with E-state index >= 15 is 0 Å². The van der Waals surface area contributed by atoms with Crippen molar-refractivity contribution in [3.05, 3.63) is 58.3 Å². The van der Waals surface area contributed by atoms with Gasteiger partial charge < -0.3 is 10.2 Å². The Morgan fingerprint density at radius 1 is 1.21 bits per heavy atom. The molecule has 0 atom stereocenters. The van der Waals surface area contributed by atoms with Gasteiger partial charge in [0.25, 0.3) is 0 Å². The number of benzene rings is 2. The lowest BCUT2D eigenvalue weighted by Gasteiger charge is -2.21. The van der Waals surface area contributed by atoms with E-state index in [-0.39, 0.29) is 30.5 Å². The average molecular weight is 393 g/mol. The molecule has 0 saturated carbocycles. The molecular weight excluding hydrogens is 375 g/mol. The van der Waals surface area contributed by atoms with Crippen molar-refractivity contribution in [3.63, 3.8) is 0 Å². The van der Waals surface area contributed by atoms with Crippen LogP contribution in [0.25, 0.3) is 0 Å². The number of aryl methyl sites for hydroxylation is 1. The summed E-state index contributed by atoms with van der Waals surface area (Å²) in [6.45, 7) is 3.60. The smallest absolute Gasteiger partial charge is 0.226 e. The van der Waals surface area contributed by atoms with Gasteiger partial charge in [-0.25, -0.2) is 4.39 Å². The molecule has 0 saturated heterocycles. The fourth-order valence-corrected chi connectivity index (χ4v) is 2.50. The number of amides is 2. The molecule has 0 fully saturated rings. The highest BCUT2D eigenvalue weighted by molar-refractivity contribution is 9.10. The molecule has 0 spiro atoms. The number of nitrogens with zero attached hydrogens (tertiary/aromatic N) is 1. The molecule has 24 heavy (non-hydrogen) atoms. The van der Waals surface area contributed by atoms with E-state index in [1.807, 2.05) is 25.1 Å². The molecule has 126 valence electrons.